The molecule has 0 aromatic heterocycles. The van der Waals surface area contributed by atoms with Crippen molar-refractivity contribution in [3.8, 4) is 0 Å². The molecule has 4 N–H and O–H groups in total. The SMILES string of the molecule is NC(=O)C(N)=Cc1ccc(Br)cc1. The van der Waals surface area contributed by atoms with Gasteiger partial charge in [-0.15, -0.1) is 0 Å². The number of halogens is 1. The first-order valence-corrected chi connectivity index (χ1v) is 4.41. The quantitative estimate of drug-likeness (QED) is 0.764. The smallest absolute Gasteiger partial charge is 0.264 e. The number of primary amides is 1. The van der Waals surface area contributed by atoms with Crippen molar-refractivity contribution < 1.29 is 4.79 Å². The lowest BCUT2D eigenvalue weighted by molar-refractivity contribution is -0.114. The highest BCUT2D eigenvalue weighted by atomic mass is 79.9. The van der Waals surface area contributed by atoms with E-state index in [2.05, 4.69) is 15.9 Å². The Morgan fingerprint density at radius 2 is 1.77 bits per heavy atom. The molecule has 0 spiro atoms. The van der Waals surface area contributed by atoms with Gasteiger partial charge < -0.3 is 11.5 Å². The molecule has 0 saturated carbocycles. The summed E-state index contributed by atoms with van der Waals surface area (Å²) >= 11 is 3.30. The van der Waals surface area contributed by atoms with Crippen LogP contribution >= 0.6 is 15.9 Å². The van der Waals surface area contributed by atoms with E-state index in [1.165, 1.54) is 6.08 Å². The maximum Gasteiger partial charge on any atom is 0.264 e. The summed E-state index contributed by atoms with van der Waals surface area (Å²) in [5.74, 6) is -0.608. The van der Waals surface area contributed by atoms with E-state index in [-0.39, 0.29) is 5.70 Å². The second-order valence-corrected chi connectivity index (χ2v) is 3.43. The monoisotopic (exact) mass is 240 g/mol. The van der Waals surface area contributed by atoms with E-state index in [0.29, 0.717) is 0 Å². The van der Waals surface area contributed by atoms with Gasteiger partial charge in [-0.05, 0) is 23.8 Å². The second-order valence-electron chi connectivity index (χ2n) is 2.52. The number of benzene rings is 1. The van der Waals surface area contributed by atoms with Gasteiger partial charge >= 0.3 is 0 Å². The van der Waals surface area contributed by atoms with Crippen LogP contribution in [0.25, 0.3) is 6.08 Å². The Balaban J connectivity index is 2.92. The van der Waals surface area contributed by atoms with Crippen LogP contribution in [-0.4, -0.2) is 5.91 Å². The molecular weight excluding hydrogens is 232 g/mol. The molecule has 0 aliphatic carbocycles. The molecule has 0 fully saturated rings. The van der Waals surface area contributed by atoms with Gasteiger partial charge in [-0.25, -0.2) is 0 Å². The number of hydrogen-bond donors (Lipinski definition) is 2. The lowest BCUT2D eigenvalue weighted by atomic mass is 10.2. The minimum atomic E-state index is -0.608. The number of carbonyl (C=O) groups excluding carboxylic acids is 1. The third kappa shape index (κ3) is 2.91. The van der Waals surface area contributed by atoms with Gasteiger partial charge in [-0.2, -0.15) is 0 Å². The normalized spacial score (nSPS) is 11.3. The highest BCUT2D eigenvalue weighted by molar-refractivity contribution is 9.10. The maximum atomic E-state index is 10.6. The first-order valence-electron chi connectivity index (χ1n) is 3.62. The molecule has 68 valence electrons. The van der Waals surface area contributed by atoms with E-state index >= 15 is 0 Å². The number of hydrogen-bond acceptors (Lipinski definition) is 2. The molecule has 0 radical (unpaired) electrons. The Hall–Kier alpha value is -1.29. The summed E-state index contributed by atoms with van der Waals surface area (Å²) in [7, 11) is 0. The first-order chi connectivity index (χ1) is 6.09. The van der Waals surface area contributed by atoms with Crippen molar-refractivity contribution >= 4 is 27.9 Å². The summed E-state index contributed by atoms with van der Waals surface area (Å²) in [6, 6.07) is 7.39. The van der Waals surface area contributed by atoms with Crippen molar-refractivity contribution in [1.29, 1.82) is 0 Å². The molecule has 0 saturated heterocycles. The number of carbonyl (C=O) groups is 1. The Labute approximate surface area is 84.5 Å². The van der Waals surface area contributed by atoms with E-state index in [1.54, 1.807) is 0 Å². The van der Waals surface area contributed by atoms with Crippen LogP contribution in [0.1, 0.15) is 5.56 Å². The third-order valence-electron chi connectivity index (χ3n) is 1.48. The Morgan fingerprint density at radius 1 is 1.23 bits per heavy atom. The van der Waals surface area contributed by atoms with Crippen LogP contribution in [0.5, 0.6) is 0 Å². The van der Waals surface area contributed by atoms with E-state index in [0.717, 1.165) is 10.0 Å². The van der Waals surface area contributed by atoms with Gasteiger partial charge in [0, 0.05) is 4.47 Å². The van der Waals surface area contributed by atoms with E-state index in [9.17, 15) is 4.79 Å². The summed E-state index contributed by atoms with van der Waals surface area (Å²) in [5, 5.41) is 0. The lowest BCUT2D eigenvalue weighted by Crippen LogP contribution is -2.19. The van der Waals surface area contributed by atoms with Gasteiger partial charge in [0.2, 0.25) is 0 Å². The fourth-order valence-corrected chi connectivity index (χ4v) is 1.07. The molecule has 4 heteroatoms. The Morgan fingerprint density at radius 3 is 2.23 bits per heavy atom. The fraction of sp³-hybridized carbons (Fsp3) is 0. The zero-order chi connectivity index (χ0) is 9.84. The second kappa shape index (κ2) is 4.09. The van der Waals surface area contributed by atoms with Crippen molar-refractivity contribution in [2.75, 3.05) is 0 Å². The fourth-order valence-electron chi connectivity index (χ4n) is 0.810. The highest BCUT2D eigenvalue weighted by Gasteiger charge is 1.97. The van der Waals surface area contributed by atoms with Crippen molar-refractivity contribution in [1.82, 2.24) is 0 Å². The van der Waals surface area contributed by atoms with Crippen LogP contribution in [0.4, 0.5) is 0 Å². The molecule has 0 unspecified atom stereocenters. The molecule has 1 amide bonds. The molecule has 0 aliphatic heterocycles. The molecule has 1 aromatic carbocycles. The molecule has 13 heavy (non-hydrogen) atoms. The molecule has 1 rings (SSSR count). The van der Waals surface area contributed by atoms with E-state index in [4.69, 9.17) is 11.5 Å². The first kappa shape index (κ1) is 9.80. The Kier molecular flexibility index (Phi) is 3.08. The molecule has 0 aliphatic rings. The lowest BCUT2D eigenvalue weighted by Gasteiger charge is -1.96. The number of nitrogens with two attached hydrogens (primary N) is 2. The standard InChI is InChI=1S/C9H9BrN2O/c10-7-3-1-6(2-4-7)5-8(11)9(12)13/h1-5H,11H2,(H2,12,13). The van der Waals surface area contributed by atoms with Gasteiger partial charge in [-0.1, -0.05) is 28.1 Å². The molecule has 0 bridgehead atoms. The topological polar surface area (TPSA) is 69.1 Å². The highest BCUT2D eigenvalue weighted by Crippen LogP contribution is 2.11. The van der Waals surface area contributed by atoms with Crippen molar-refractivity contribution in [3.63, 3.8) is 0 Å². The zero-order valence-electron chi connectivity index (χ0n) is 6.83. The van der Waals surface area contributed by atoms with Gasteiger partial charge in [0.1, 0.15) is 0 Å². The van der Waals surface area contributed by atoms with Crippen molar-refractivity contribution in [3.05, 3.63) is 40.0 Å². The van der Waals surface area contributed by atoms with Crippen LogP contribution in [0, 0.1) is 0 Å². The minimum absolute atomic E-state index is 0.0577. The molecular formula is C9H9BrN2O. The molecule has 0 atom stereocenters. The van der Waals surface area contributed by atoms with Crippen LogP contribution in [-0.2, 0) is 4.79 Å². The molecule has 1 aromatic rings. The van der Waals surface area contributed by atoms with E-state index < -0.39 is 5.91 Å². The molecule has 3 nitrogen and oxygen atoms in total. The summed E-state index contributed by atoms with van der Waals surface area (Å²) in [6.07, 6.45) is 1.54. The van der Waals surface area contributed by atoms with Crippen LogP contribution in [0.15, 0.2) is 34.4 Å². The third-order valence-corrected chi connectivity index (χ3v) is 2.01. The van der Waals surface area contributed by atoms with E-state index in [1.807, 2.05) is 24.3 Å². The van der Waals surface area contributed by atoms with Crippen LogP contribution in [0.2, 0.25) is 0 Å². The van der Waals surface area contributed by atoms with Crippen LogP contribution in [0.3, 0.4) is 0 Å². The summed E-state index contributed by atoms with van der Waals surface area (Å²) < 4.78 is 0.974. The van der Waals surface area contributed by atoms with Gasteiger partial charge in [0.25, 0.3) is 5.91 Å². The van der Waals surface area contributed by atoms with Crippen molar-refractivity contribution in [2.24, 2.45) is 11.5 Å². The largest absolute Gasteiger partial charge is 0.394 e. The maximum absolute atomic E-state index is 10.6. The van der Waals surface area contributed by atoms with Crippen molar-refractivity contribution in [2.45, 2.75) is 0 Å². The Bertz CT molecular complexity index is 343. The zero-order valence-corrected chi connectivity index (χ0v) is 8.41. The molecule has 0 heterocycles. The average Bonchev–Trinajstić information content (AvgIpc) is 2.08. The van der Waals surface area contributed by atoms with Crippen LogP contribution < -0.4 is 11.5 Å². The summed E-state index contributed by atoms with van der Waals surface area (Å²) in [4.78, 5) is 10.6. The predicted molar refractivity (Wildman–Crippen MR) is 55.5 cm³/mol. The summed E-state index contributed by atoms with van der Waals surface area (Å²) in [6.45, 7) is 0. The summed E-state index contributed by atoms with van der Waals surface area (Å²) in [5.41, 5.74) is 11.2. The minimum Gasteiger partial charge on any atom is -0.394 e. The average molecular weight is 241 g/mol. The number of amides is 1. The predicted octanol–water partition coefficient (Wildman–Crippen LogP) is 1.23. The number of rotatable bonds is 2. The van der Waals surface area contributed by atoms with Gasteiger partial charge in [-0.3, -0.25) is 4.79 Å². The van der Waals surface area contributed by atoms with Gasteiger partial charge in [0.15, 0.2) is 0 Å². The van der Waals surface area contributed by atoms with Gasteiger partial charge in [0.05, 0.1) is 5.70 Å².